The summed E-state index contributed by atoms with van der Waals surface area (Å²) in [4.78, 5) is 6.30. The number of hydrogen-bond acceptors (Lipinski definition) is 3. The second-order valence-electron chi connectivity index (χ2n) is 3.61. The number of hydrogen-bond donors (Lipinski definition) is 1. The van der Waals surface area contributed by atoms with Crippen LogP contribution in [0.5, 0.6) is 0 Å². The van der Waals surface area contributed by atoms with Crippen LogP contribution in [-0.4, -0.2) is 9.97 Å². The first-order valence-corrected chi connectivity index (χ1v) is 5.03. The van der Waals surface area contributed by atoms with Gasteiger partial charge in [-0.15, -0.1) is 0 Å². The van der Waals surface area contributed by atoms with E-state index in [1.807, 2.05) is 0 Å². The Kier molecular flexibility index (Phi) is 2.97. The van der Waals surface area contributed by atoms with Crippen LogP contribution in [0.25, 0.3) is 11.4 Å². The van der Waals surface area contributed by atoms with Crippen LogP contribution in [0.3, 0.4) is 0 Å². The average Bonchev–Trinajstić information content (AvgIpc) is 2.81. The second-order valence-corrected chi connectivity index (χ2v) is 3.61. The zero-order valence-corrected chi connectivity index (χ0v) is 9.28. The molecule has 1 N–H and O–H groups in total. The molecule has 1 heterocycles. The average molecular weight is 262 g/mol. The lowest BCUT2D eigenvalue weighted by molar-refractivity contribution is -0.137. The fraction of sp³-hybridized carbons (Fsp3) is 0.0833. The molecule has 0 amide bonds. The van der Waals surface area contributed by atoms with E-state index < -0.39 is 11.7 Å². The molecule has 7 heteroatoms. The molecule has 2 rings (SSSR count). The molecule has 0 aliphatic rings. The molecule has 0 bridgehead atoms. The molecule has 0 aliphatic heterocycles. The topological polar surface area (TPSA) is 76.3 Å². The van der Waals surface area contributed by atoms with Crippen molar-refractivity contribution in [2.24, 2.45) is 0 Å². The number of H-pyrrole nitrogens is 1. The summed E-state index contributed by atoms with van der Waals surface area (Å²) in [6.07, 6.45) is -4.46. The summed E-state index contributed by atoms with van der Waals surface area (Å²) in [6, 6.07) is 7.90. The highest BCUT2D eigenvalue weighted by Gasteiger charge is 2.30. The summed E-state index contributed by atoms with van der Waals surface area (Å²) in [6.45, 7) is 0. The SMILES string of the molecule is N#Cc1nc(-c2cccc(C(F)(F)F)c2)[nH]c1C#N. The lowest BCUT2D eigenvalue weighted by atomic mass is 10.1. The summed E-state index contributed by atoms with van der Waals surface area (Å²) in [5.41, 5.74) is -0.879. The zero-order valence-electron chi connectivity index (χ0n) is 9.28. The Morgan fingerprint density at radius 1 is 1.16 bits per heavy atom. The van der Waals surface area contributed by atoms with Gasteiger partial charge in [0.1, 0.15) is 18.0 Å². The van der Waals surface area contributed by atoms with Gasteiger partial charge in [0.05, 0.1) is 5.56 Å². The Balaban J connectivity index is 2.52. The van der Waals surface area contributed by atoms with Crippen LogP contribution in [0.2, 0.25) is 0 Å². The Hall–Kier alpha value is -2.80. The van der Waals surface area contributed by atoms with Crippen molar-refractivity contribution in [3.05, 3.63) is 41.2 Å². The maximum Gasteiger partial charge on any atom is 0.416 e. The molecular weight excluding hydrogens is 257 g/mol. The number of aromatic amines is 1. The van der Waals surface area contributed by atoms with E-state index in [4.69, 9.17) is 10.5 Å². The minimum Gasteiger partial charge on any atom is -0.329 e. The van der Waals surface area contributed by atoms with Gasteiger partial charge < -0.3 is 4.98 Å². The molecule has 0 radical (unpaired) electrons. The molecule has 4 nitrogen and oxygen atoms in total. The van der Waals surface area contributed by atoms with Crippen molar-refractivity contribution in [2.45, 2.75) is 6.18 Å². The molecule has 0 aliphatic carbocycles. The Bertz CT molecular complexity index is 669. The molecule has 19 heavy (non-hydrogen) atoms. The maximum absolute atomic E-state index is 12.6. The van der Waals surface area contributed by atoms with Crippen LogP contribution in [0.4, 0.5) is 13.2 Å². The Labute approximate surface area is 105 Å². The van der Waals surface area contributed by atoms with Crippen molar-refractivity contribution in [2.75, 3.05) is 0 Å². The van der Waals surface area contributed by atoms with E-state index in [0.29, 0.717) is 0 Å². The minimum atomic E-state index is -4.46. The molecule has 0 unspecified atom stereocenters. The van der Waals surface area contributed by atoms with Crippen molar-refractivity contribution in [3.63, 3.8) is 0 Å². The van der Waals surface area contributed by atoms with E-state index in [9.17, 15) is 13.2 Å². The molecule has 1 aromatic carbocycles. The van der Waals surface area contributed by atoms with E-state index in [2.05, 4.69) is 9.97 Å². The first kappa shape index (κ1) is 12.7. The van der Waals surface area contributed by atoms with E-state index >= 15 is 0 Å². The van der Waals surface area contributed by atoms with Gasteiger partial charge in [-0.3, -0.25) is 0 Å². The number of nitrogens with zero attached hydrogens (tertiary/aromatic N) is 3. The number of benzene rings is 1. The number of nitrogens with one attached hydrogen (secondary N) is 1. The lowest BCUT2D eigenvalue weighted by Gasteiger charge is -2.07. The zero-order chi connectivity index (χ0) is 14.0. The monoisotopic (exact) mass is 262 g/mol. The van der Waals surface area contributed by atoms with Gasteiger partial charge >= 0.3 is 6.18 Å². The highest BCUT2D eigenvalue weighted by atomic mass is 19.4. The molecule has 0 saturated carbocycles. The number of rotatable bonds is 1. The first-order chi connectivity index (χ1) is 8.95. The second kappa shape index (κ2) is 4.46. The van der Waals surface area contributed by atoms with Gasteiger partial charge in [-0.1, -0.05) is 12.1 Å². The van der Waals surface area contributed by atoms with E-state index in [1.165, 1.54) is 12.1 Å². The van der Waals surface area contributed by atoms with E-state index in [0.717, 1.165) is 12.1 Å². The number of halogens is 3. The smallest absolute Gasteiger partial charge is 0.329 e. The van der Waals surface area contributed by atoms with Gasteiger partial charge in [0.25, 0.3) is 0 Å². The van der Waals surface area contributed by atoms with Gasteiger partial charge in [-0.2, -0.15) is 23.7 Å². The van der Waals surface area contributed by atoms with Crippen molar-refractivity contribution >= 4 is 0 Å². The number of nitriles is 2. The van der Waals surface area contributed by atoms with Gasteiger partial charge in [-0.05, 0) is 12.1 Å². The largest absolute Gasteiger partial charge is 0.416 e. The highest BCUT2D eigenvalue weighted by molar-refractivity contribution is 5.59. The normalized spacial score (nSPS) is 10.8. The van der Waals surface area contributed by atoms with Crippen molar-refractivity contribution in [1.82, 2.24) is 9.97 Å². The van der Waals surface area contributed by atoms with Crippen molar-refractivity contribution in [1.29, 1.82) is 10.5 Å². The Morgan fingerprint density at radius 3 is 2.42 bits per heavy atom. The molecule has 2 aromatic rings. The van der Waals surface area contributed by atoms with Crippen molar-refractivity contribution in [3.8, 4) is 23.5 Å². The van der Waals surface area contributed by atoms with E-state index in [1.54, 1.807) is 12.1 Å². The predicted molar refractivity (Wildman–Crippen MR) is 58.5 cm³/mol. The van der Waals surface area contributed by atoms with Gasteiger partial charge in [-0.25, -0.2) is 4.98 Å². The molecule has 1 aromatic heterocycles. The van der Waals surface area contributed by atoms with Crippen LogP contribution in [0, 0.1) is 22.7 Å². The summed E-state index contributed by atoms with van der Waals surface area (Å²) in [7, 11) is 0. The molecule has 0 atom stereocenters. The minimum absolute atomic E-state index is 0.0548. The summed E-state index contributed by atoms with van der Waals surface area (Å²) < 4.78 is 37.7. The molecule has 0 saturated heterocycles. The van der Waals surface area contributed by atoms with Gasteiger partial charge in [0.15, 0.2) is 11.4 Å². The van der Waals surface area contributed by atoms with Crippen LogP contribution < -0.4 is 0 Å². The predicted octanol–water partition coefficient (Wildman–Crippen LogP) is 2.84. The Morgan fingerprint density at radius 2 is 1.89 bits per heavy atom. The number of aromatic nitrogens is 2. The standard InChI is InChI=1S/C12H5F3N4/c13-12(14,15)8-3-1-2-7(4-8)11-18-9(5-16)10(6-17)19-11/h1-4H,(H,18,19). The third kappa shape index (κ3) is 2.40. The summed E-state index contributed by atoms with van der Waals surface area (Å²) in [5, 5.41) is 17.5. The van der Waals surface area contributed by atoms with E-state index in [-0.39, 0.29) is 22.8 Å². The third-order valence-corrected chi connectivity index (χ3v) is 2.38. The fourth-order valence-electron chi connectivity index (χ4n) is 1.51. The molecule has 0 spiro atoms. The maximum atomic E-state index is 12.6. The van der Waals surface area contributed by atoms with Gasteiger partial charge in [0, 0.05) is 5.56 Å². The van der Waals surface area contributed by atoms with Crippen molar-refractivity contribution < 1.29 is 13.2 Å². The summed E-state index contributed by atoms with van der Waals surface area (Å²) >= 11 is 0. The fourth-order valence-corrected chi connectivity index (χ4v) is 1.51. The van der Waals surface area contributed by atoms with Gasteiger partial charge in [0.2, 0.25) is 0 Å². The molecule has 0 fully saturated rings. The first-order valence-electron chi connectivity index (χ1n) is 5.03. The molecule has 94 valence electrons. The molecular formula is C12H5F3N4. The number of imidazole rings is 1. The third-order valence-electron chi connectivity index (χ3n) is 2.38. The lowest BCUT2D eigenvalue weighted by Crippen LogP contribution is -2.04. The van der Waals surface area contributed by atoms with Crippen LogP contribution >= 0.6 is 0 Å². The van der Waals surface area contributed by atoms with Crippen LogP contribution in [0.15, 0.2) is 24.3 Å². The quantitative estimate of drug-likeness (QED) is 0.858. The highest BCUT2D eigenvalue weighted by Crippen LogP contribution is 2.31. The van der Waals surface area contributed by atoms with Crippen LogP contribution in [0.1, 0.15) is 17.0 Å². The van der Waals surface area contributed by atoms with Crippen LogP contribution in [-0.2, 0) is 6.18 Å². The number of alkyl halides is 3. The summed E-state index contributed by atoms with van der Waals surface area (Å²) in [5.74, 6) is 0.0548.